The van der Waals surface area contributed by atoms with Gasteiger partial charge in [0.25, 0.3) is 0 Å². The van der Waals surface area contributed by atoms with Crippen LogP contribution in [0.5, 0.6) is 5.88 Å². The molecule has 0 atom stereocenters. The Balaban J connectivity index is 2.97. The predicted molar refractivity (Wildman–Crippen MR) is 53.7 cm³/mol. The van der Waals surface area contributed by atoms with Crippen molar-refractivity contribution in [1.29, 1.82) is 0 Å². The molecular weight excluding hydrogens is 238 g/mol. The third kappa shape index (κ3) is 1.03. The summed E-state index contributed by atoms with van der Waals surface area (Å²) in [6.07, 6.45) is 0. The average molecular weight is 244 g/mol. The molecule has 2 rings (SSSR count). The lowest BCUT2D eigenvalue weighted by molar-refractivity contribution is 0.450. The average Bonchev–Trinajstić information content (AvgIpc) is 2.48. The van der Waals surface area contributed by atoms with E-state index in [1.807, 2.05) is 18.4 Å². The van der Waals surface area contributed by atoms with Crippen LogP contribution in [-0.4, -0.2) is 10.1 Å². The van der Waals surface area contributed by atoms with E-state index in [0.29, 0.717) is 4.47 Å². The molecule has 2 aromatic rings. The molecule has 0 amide bonds. The van der Waals surface area contributed by atoms with Crippen molar-refractivity contribution in [2.75, 3.05) is 0 Å². The SMILES string of the molecule is Cc1nc(O)c(Br)c2ccsc12. The molecule has 2 nitrogen and oxygen atoms in total. The van der Waals surface area contributed by atoms with Gasteiger partial charge in [-0.25, -0.2) is 4.98 Å². The fourth-order valence-electron chi connectivity index (χ4n) is 1.14. The third-order valence-corrected chi connectivity index (χ3v) is 3.51. The summed E-state index contributed by atoms with van der Waals surface area (Å²) < 4.78 is 1.81. The predicted octanol–water partition coefficient (Wildman–Crippen LogP) is 3.07. The van der Waals surface area contributed by atoms with Crippen molar-refractivity contribution < 1.29 is 5.11 Å². The summed E-state index contributed by atoms with van der Waals surface area (Å²) >= 11 is 4.92. The lowest BCUT2D eigenvalue weighted by atomic mass is 10.3. The first-order chi connectivity index (χ1) is 5.70. The standard InChI is InChI=1S/C8H6BrNOS/c1-4-7-5(2-3-12-7)6(9)8(11)10-4/h2-3H,1H3,(H,10,11). The van der Waals surface area contributed by atoms with Gasteiger partial charge in [-0.15, -0.1) is 11.3 Å². The molecule has 0 unspecified atom stereocenters. The fraction of sp³-hybridized carbons (Fsp3) is 0.125. The number of thiophene rings is 1. The zero-order valence-electron chi connectivity index (χ0n) is 6.34. The van der Waals surface area contributed by atoms with Crippen LogP contribution in [0, 0.1) is 6.92 Å². The summed E-state index contributed by atoms with van der Waals surface area (Å²) in [6, 6.07) is 1.97. The molecule has 0 bridgehead atoms. The zero-order chi connectivity index (χ0) is 8.72. The first-order valence-electron chi connectivity index (χ1n) is 3.42. The van der Waals surface area contributed by atoms with Crippen molar-refractivity contribution in [3.63, 3.8) is 0 Å². The van der Waals surface area contributed by atoms with Crippen molar-refractivity contribution >= 4 is 37.4 Å². The van der Waals surface area contributed by atoms with Crippen LogP contribution < -0.4 is 0 Å². The highest BCUT2D eigenvalue weighted by atomic mass is 79.9. The Morgan fingerprint density at radius 3 is 3.08 bits per heavy atom. The molecule has 2 heterocycles. The second kappa shape index (κ2) is 2.71. The van der Waals surface area contributed by atoms with Crippen LogP contribution in [0.1, 0.15) is 5.69 Å². The number of aromatic nitrogens is 1. The van der Waals surface area contributed by atoms with Crippen molar-refractivity contribution in [1.82, 2.24) is 4.98 Å². The molecule has 4 heteroatoms. The monoisotopic (exact) mass is 243 g/mol. The van der Waals surface area contributed by atoms with Gasteiger partial charge < -0.3 is 5.11 Å². The Morgan fingerprint density at radius 1 is 1.58 bits per heavy atom. The molecule has 12 heavy (non-hydrogen) atoms. The summed E-state index contributed by atoms with van der Waals surface area (Å²) in [5.41, 5.74) is 0.876. The van der Waals surface area contributed by atoms with E-state index in [9.17, 15) is 5.11 Å². The van der Waals surface area contributed by atoms with E-state index in [0.717, 1.165) is 15.8 Å². The van der Waals surface area contributed by atoms with Gasteiger partial charge in [0.15, 0.2) is 0 Å². The molecule has 1 N–H and O–H groups in total. The maximum atomic E-state index is 9.36. The highest BCUT2D eigenvalue weighted by Crippen LogP contribution is 2.34. The highest BCUT2D eigenvalue weighted by Gasteiger charge is 2.08. The summed E-state index contributed by atoms with van der Waals surface area (Å²) in [5, 5.41) is 12.4. The van der Waals surface area contributed by atoms with Gasteiger partial charge in [-0.3, -0.25) is 0 Å². The van der Waals surface area contributed by atoms with Crippen molar-refractivity contribution in [3.05, 3.63) is 21.6 Å². The fourth-order valence-corrected chi connectivity index (χ4v) is 2.55. The molecule has 0 aromatic carbocycles. The minimum atomic E-state index is 0.0680. The lowest BCUT2D eigenvalue weighted by Crippen LogP contribution is -1.82. The number of halogens is 1. The molecule has 0 aliphatic carbocycles. The Bertz CT molecular complexity index is 438. The Hall–Kier alpha value is -0.610. The van der Waals surface area contributed by atoms with Crippen LogP contribution >= 0.6 is 27.3 Å². The Labute approximate surface area is 82.0 Å². The van der Waals surface area contributed by atoms with Crippen LogP contribution in [0.4, 0.5) is 0 Å². The van der Waals surface area contributed by atoms with Gasteiger partial charge in [0, 0.05) is 5.39 Å². The van der Waals surface area contributed by atoms with Crippen molar-refractivity contribution in [2.45, 2.75) is 6.92 Å². The van der Waals surface area contributed by atoms with E-state index in [4.69, 9.17) is 0 Å². The normalized spacial score (nSPS) is 10.8. The minimum Gasteiger partial charge on any atom is -0.492 e. The Kier molecular flexibility index (Phi) is 1.81. The quantitative estimate of drug-likeness (QED) is 0.772. The topological polar surface area (TPSA) is 33.1 Å². The van der Waals surface area contributed by atoms with E-state index >= 15 is 0 Å². The van der Waals surface area contributed by atoms with Gasteiger partial charge in [0.2, 0.25) is 5.88 Å². The molecule has 62 valence electrons. The number of pyridine rings is 1. The molecule has 0 radical (unpaired) electrons. The Morgan fingerprint density at radius 2 is 2.33 bits per heavy atom. The lowest BCUT2D eigenvalue weighted by Gasteiger charge is -1.99. The number of aromatic hydroxyl groups is 1. The zero-order valence-corrected chi connectivity index (χ0v) is 8.74. The van der Waals surface area contributed by atoms with Crippen LogP contribution in [0.15, 0.2) is 15.9 Å². The molecule has 0 saturated heterocycles. The van der Waals surface area contributed by atoms with Crippen molar-refractivity contribution in [3.8, 4) is 5.88 Å². The number of aryl methyl sites for hydroxylation is 1. The van der Waals surface area contributed by atoms with Crippen LogP contribution in [-0.2, 0) is 0 Å². The summed E-state index contributed by atoms with van der Waals surface area (Å²) in [4.78, 5) is 3.99. The second-order valence-electron chi connectivity index (χ2n) is 2.50. The maximum absolute atomic E-state index is 9.36. The maximum Gasteiger partial charge on any atom is 0.226 e. The number of hydrogen-bond acceptors (Lipinski definition) is 3. The molecule has 0 spiro atoms. The number of hydrogen-bond donors (Lipinski definition) is 1. The number of fused-ring (bicyclic) bond motifs is 1. The van der Waals surface area contributed by atoms with Gasteiger partial charge in [-0.2, -0.15) is 0 Å². The largest absolute Gasteiger partial charge is 0.492 e. The second-order valence-corrected chi connectivity index (χ2v) is 4.21. The summed E-state index contributed by atoms with van der Waals surface area (Å²) in [7, 11) is 0. The number of nitrogens with zero attached hydrogens (tertiary/aromatic N) is 1. The molecule has 0 aliphatic heterocycles. The summed E-state index contributed by atoms with van der Waals surface area (Å²) in [6.45, 7) is 1.89. The van der Waals surface area contributed by atoms with Gasteiger partial charge >= 0.3 is 0 Å². The van der Waals surface area contributed by atoms with Gasteiger partial charge in [-0.1, -0.05) is 0 Å². The highest BCUT2D eigenvalue weighted by molar-refractivity contribution is 9.10. The van der Waals surface area contributed by atoms with E-state index in [2.05, 4.69) is 20.9 Å². The molecule has 0 saturated carbocycles. The minimum absolute atomic E-state index is 0.0680. The molecular formula is C8H6BrNOS. The van der Waals surface area contributed by atoms with Gasteiger partial charge in [0.05, 0.1) is 14.9 Å². The van der Waals surface area contributed by atoms with Crippen LogP contribution in [0.25, 0.3) is 10.1 Å². The molecule has 2 aromatic heterocycles. The molecule has 0 fully saturated rings. The van der Waals surface area contributed by atoms with Gasteiger partial charge in [0.1, 0.15) is 0 Å². The van der Waals surface area contributed by atoms with E-state index in [1.54, 1.807) is 11.3 Å². The number of rotatable bonds is 0. The smallest absolute Gasteiger partial charge is 0.226 e. The summed E-state index contributed by atoms with van der Waals surface area (Å²) in [5.74, 6) is 0.0680. The van der Waals surface area contributed by atoms with Crippen LogP contribution in [0.2, 0.25) is 0 Å². The third-order valence-electron chi connectivity index (χ3n) is 1.70. The first-order valence-corrected chi connectivity index (χ1v) is 5.09. The van der Waals surface area contributed by atoms with Crippen LogP contribution in [0.3, 0.4) is 0 Å². The van der Waals surface area contributed by atoms with Gasteiger partial charge in [-0.05, 0) is 34.3 Å². The van der Waals surface area contributed by atoms with Crippen molar-refractivity contribution in [2.24, 2.45) is 0 Å². The van der Waals surface area contributed by atoms with E-state index < -0.39 is 0 Å². The van der Waals surface area contributed by atoms with E-state index in [1.165, 1.54) is 0 Å². The first kappa shape index (κ1) is 8.01. The van der Waals surface area contributed by atoms with E-state index in [-0.39, 0.29) is 5.88 Å². The molecule has 0 aliphatic rings.